The molecule has 0 saturated carbocycles. The summed E-state index contributed by atoms with van der Waals surface area (Å²) in [6.07, 6.45) is -1.37. The molecule has 1 aliphatic rings. The van der Waals surface area contributed by atoms with Gasteiger partial charge in [0.2, 0.25) is 15.9 Å². The first-order valence-electron chi connectivity index (χ1n) is 11.0. The molecule has 1 aliphatic heterocycles. The van der Waals surface area contributed by atoms with Crippen molar-refractivity contribution >= 4 is 33.5 Å². The molecule has 1 fully saturated rings. The summed E-state index contributed by atoms with van der Waals surface area (Å²) in [6.45, 7) is 1.55. The average molecular weight is 521 g/mol. The Morgan fingerprint density at radius 2 is 1.64 bits per heavy atom. The molecule has 2 amide bonds. The van der Waals surface area contributed by atoms with Crippen molar-refractivity contribution in [1.29, 1.82) is 0 Å². The fraction of sp³-hybridized carbons (Fsp3) is 0.375. The maximum Gasteiger partial charge on any atom is 0.338 e. The molecular weight excluding hydrogens is 492 g/mol. The Morgan fingerprint density at radius 1 is 1.03 bits per heavy atom. The molecule has 0 bridgehead atoms. The van der Waals surface area contributed by atoms with E-state index in [1.165, 1.54) is 69.9 Å². The van der Waals surface area contributed by atoms with Gasteiger partial charge >= 0.3 is 5.97 Å². The van der Waals surface area contributed by atoms with E-state index >= 15 is 0 Å². The van der Waals surface area contributed by atoms with Gasteiger partial charge in [-0.3, -0.25) is 9.59 Å². The quantitative estimate of drug-likeness (QED) is 0.247. The van der Waals surface area contributed by atoms with E-state index in [-0.39, 0.29) is 35.7 Å². The molecule has 0 aromatic heterocycles. The van der Waals surface area contributed by atoms with E-state index in [0.29, 0.717) is 5.75 Å². The van der Waals surface area contributed by atoms with Crippen molar-refractivity contribution < 1.29 is 41.7 Å². The summed E-state index contributed by atoms with van der Waals surface area (Å²) in [7, 11) is -0.124. The summed E-state index contributed by atoms with van der Waals surface area (Å²) >= 11 is 0. The molecule has 2 aromatic carbocycles. The van der Waals surface area contributed by atoms with E-state index in [4.69, 9.17) is 18.9 Å². The first kappa shape index (κ1) is 27.3. The molecule has 1 unspecified atom stereocenters. The minimum atomic E-state index is -4.25. The largest absolute Gasteiger partial charge is 0.497 e. The molecule has 0 spiro atoms. The van der Waals surface area contributed by atoms with Gasteiger partial charge in [-0.15, -0.1) is 0 Å². The number of carbonyl (C=O) groups excluding carboxylic acids is 3. The maximum absolute atomic E-state index is 13.6. The van der Waals surface area contributed by atoms with E-state index < -0.39 is 40.1 Å². The zero-order chi connectivity index (χ0) is 26.5. The van der Waals surface area contributed by atoms with Crippen LogP contribution in [0.5, 0.6) is 5.75 Å². The Labute approximate surface area is 209 Å². The van der Waals surface area contributed by atoms with Crippen molar-refractivity contribution in [3.05, 3.63) is 54.1 Å². The first-order chi connectivity index (χ1) is 17.2. The Kier molecular flexibility index (Phi) is 8.79. The number of hydrogen-bond donors (Lipinski definition) is 0. The van der Waals surface area contributed by atoms with Crippen LogP contribution < -0.4 is 9.64 Å². The third-order valence-electron chi connectivity index (χ3n) is 5.63. The van der Waals surface area contributed by atoms with Crippen LogP contribution in [0.1, 0.15) is 23.7 Å². The molecule has 0 N–H and O–H groups in total. The summed E-state index contributed by atoms with van der Waals surface area (Å²) in [6, 6.07) is 10.0. The van der Waals surface area contributed by atoms with Gasteiger partial charge in [-0.2, -0.15) is 4.31 Å². The monoisotopic (exact) mass is 520 g/mol. The molecule has 1 heterocycles. The van der Waals surface area contributed by atoms with Gasteiger partial charge in [0.15, 0.2) is 6.29 Å². The standard InChI is InChI=1S/C24H28N2O9S/c1-5-35-24(29)16-6-8-17(9-7-16)26-21(27)14-20(23(26)28)25(15-22(33-3)34-4)36(30,31)19-12-10-18(32-2)11-13-19/h6-13,20,22H,5,14-15H2,1-4H3. The van der Waals surface area contributed by atoms with E-state index in [1.807, 2.05) is 0 Å². The van der Waals surface area contributed by atoms with Gasteiger partial charge in [-0.05, 0) is 55.5 Å². The molecule has 1 atom stereocenters. The normalized spacial score (nSPS) is 16.2. The fourth-order valence-corrected chi connectivity index (χ4v) is 5.31. The van der Waals surface area contributed by atoms with Gasteiger partial charge in [-0.25, -0.2) is 18.1 Å². The van der Waals surface area contributed by atoms with Gasteiger partial charge in [0.25, 0.3) is 5.91 Å². The number of nitrogens with zero attached hydrogens (tertiary/aromatic N) is 2. The highest BCUT2D eigenvalue weighted by molar-refractivity contribution is 7.89. The van der Waals surface area contributed by atoms with Crippen LogP contribution in [0.4, 0.5) is 5.69 Å². The van der Waals surface area contributed by atoms with Crippen molar-refractivity contribution in [1.82, 2.24) is 4.31 Å². The summed E-state index contributed by atoms with van der Waals surface area (Å²) < 4.78 is 48.5. The Bertz CT molecular complexity index is 1190. The molecule has 2 aromatic rings. The molecule has 3 rings (SSSR count). The molecule has 194 valence electrons. The molecule has 11 nitrogen and oxygen atoms in total. The molecule has 1 saturated heterocycles. The van der Waals surface area contributed by atoms with Gasteiger partial charge in [-0.1, -0.05) is 0 Å². The number of carbonyl (C=O) groups is 3. The van der Waals surface area contributed by atoms with E-state index in [2.05, 4.69) is 0 Å². The number of benzene rings is 2. The lowest BCUT2D eigenvalue weighted by atomic mass is 10.2. The Hall–Kier alpha value is -3.32. The molecule has 0 aliphatic carbocycles. The smallest absolute Gasteiger partial charge is 0.338 e. The van der Waals surface area contributed by atoms with Crippen LogP contribution >= 0.6 is 0 Å². The van der Waals surface area contributed by atoms with Crippen molar-refractivity contribution in [2.75, 3.05) is 39.4 Å². The highest BCUT2D eigenvalue weighted by Crippen LogP contribution is 2.30. The second kappa shape index (κ2) is 11.6. The van der Waals surface area contributed by atoms with Crippen molar-refractivity contribution in [2.45, 2.75) is 30.6 Å². The fourth-order valence-electron chi connectivity index (χ4n) is 3.74. The second-order valence-corrected chi connectivity index (χ2v) is 9.60. The van der Waals surface area contributed by atoms with Crippen LogP contribution in [0.25, 0.3) is 0 Å². The minimum Gasteiger partial charge on any atom is -0.497 e. The lowest BCUT2D eigenvalue weighted by Crippen LogP contribution is -2.49. The number of hydrogen-bond acceptors (Lipinski definition) is 9. The summed E-state index contributed by atoms with van der Waals surface area (Å²) in [4.78, 5) is 39.1. The number of rotatable bonds is 11. The van der Waals surface area contributed by atoms with Crippen LogP contribution in [-0.2, 0) is 33.8 Å². The minimum absolute atomic E-state index is 0.0910. The van der Waals surface area contributed by atoms with E-state index in [9.17, 15) is 22.8 Å². The van der Waals surface area contributed by atoms with Crippen LogP contribution in [-0.4, -0.2) is 77.3 Å². The number of esters is 1. The number of sulfonamides is 1. The maximum atomic E-state index is 13.6. The van der Waals surface area contributed by atoms with Gasteiger partial charge < -0.3 is 18.9 Å². The molecule has 0 radical (unpaired) electrons. The number of anilines is 1. The zero-order valence-electron chi connectivity index (χ0n) is 20.4. The van der Waals surface area contributed by atoms with Gasteiger partial charge in [0, 0.05) is 14.2 Å². The highest BCUT2D eigenvalue weighted by atomic mass is 32.2. The van der Waals surface area contributed by atoms with Crippen molar-refractivity contribution in [3.8, 4) is 5.75 Å². The van der Waals surface area contributed by atoms with Crippen molar-refractivity contribution in [2.24, 2.45) is 0 Å². The van der Waals surface area contributed by atoms with Crippen molar-refractivity contribution in [3.63, 3.8) is 0 Å². The topological polar surface area (TPSA) is 129 Å². The number of ether oxygens (including phenoxy) is 4. The average Bonchev–Trinajstić information content (AvgIpc) is 3.18. The lowest BCUT2D eigenvalue weighted by molar-refractivity contribution is -0.125. The van der Waals surface area contributed by atoms with Gasteiger partial charge in [0.05, 0.1) is 42.8 Å². The van der Waals surface area contributed by atoms with Gasteiger partial charge in [0.1, 0.15) is 11.8 Å². The number of methoxy groups -OCH3 is 3. The Morgan fingerprint density at radius 3 is 2.17 bits per heavy atom. The van der Waals surface area contributed by atoms with Crippen LogP contribution in [0.2, 0.25) is 0 Å². The van der Waals surface area contributed by atoms with Crippen LogP contribution in [0, 0.1) is 0 Å². The second-order valence-electron chi connectivity index (χ2n) is 7.71. The third-order valence-corrected chi connectivity index (χ3v) is 7.52. The zero-order valence-corrected chi connectivity index (χ0v) is 21.2. The van der Waals surface area contributed by atoms with E-state index in [1.54, 1.807) is 6.92 Å². The summed E-state index contributed by atoms with van der Waals surface area (Å²) in [5.41, 5.74) is 0.459. The van der Waals surface area contributed by atoms with E-state index in [0.717, 1.165) is 9.21 Å². The summed E-state index contributed by atoms with van der Waals surface area (Å²) in [5, 5.41) is 0. The highest BCUT2D eigenvalue weighted by Gasteiger charge is 2.47. The predicted octanol–water partition coefficient (Wildman–Crippen LogP) is 1.81. The number of amides is 2. The molecule has 36 heavy (non-hydrogen) atoms. The third kappa shape index (κ3) is 5.57. The number of imide groups is 1. The molecular formula is C24H28N2O9S. The van der Waals surface area contributed by atoms with Crippen LogP contribution in [0.3, 0.4) is 0 Å². The summed E-state index contributed by atoms with van der Waals surface area (Å²) in [5.74, 6) is -1.40. The molecule has 12 heteroatoms. The SMILES string of the molecule is CCOC(=O)c1ccc(N2C(=O)CC(N(CC(OC)OC)S(=O)(=O)c3ccc(OC)cc3)C2=O)cc1. The first-order valence-corrected chi connectivity index (χ1v) is 12.5. The predicted molar refractivity (Wildman–Crippen MR) is 128 cm³/mol. The lowest BCUT2D eigenvalue weighted by Gasteiger charge is -2.29. The van der Waals surface area contributed by atoms with Crippen LogP contribution in [0.15, 0.2) is 53.4 Å². The Balaban J connectivity index is 1.95.